The fourth-order valence-corrected chi connectivity index (χ4v) is 3.68. The van der Waals surface area contributed by atoms with Gasteiger partial charge in [0.2, 0.25) is 0 Å². The van der Waals surface area contributed by atoms with Crippen molar-refractivity contribution in [1.29, 1.82) is 0 Å². The van der Waals surface area contributed by atoms with Gasteiger partial charge in [0.1, 0.15) is 0 Å². The Morgan fingerprint density at radius 1 is 1.41 bits per heavy atom. The van der Waals surface area contributed by atoms with E-state index in [4.69, 9.17) is 5.84 Å². The highest BCUT2D eigenvalue weighted by Gasteiger charge is 2.16. The number of thiophene rings is 1. The summed E-state index contributed by atoms with van der Waals surface area (Å²) in [7, 11) is 0. The number of rotatable bonds is 3. The minimum atomic E-state index is -0.0318. The van der Waals surface area contributed by atoms with Gasteiger partial charge >= 0.3 is 0 Å². The van der Waals surface area contributed by atoms with Crippen LogP contribution in [-0.4, -0.2) is 4.98 Å². The highest BCUT2D eigenvalue weighted by molar-refractivity contribution is 9.13. The molecule has 0 aliphatic heterocycles. The molecule has 2 rings (SSSR count). The molecule has 0 amide bonds. The zero-order chi connectivity index (χ0) is 12.4. The van der Waals surface area contributed by atoms with Crippen LogP contribution in [0.2, 0.25) is 0 Å². The van der Waals surface area contributed by atoms with Crippen molar-refractivity contribution < 1.29 is 0 Å². The van der Waals surface area contributed by atoms with E-state index in [-0.39, 0.29) is 6.04 Å². The van der Waals surface area contributed by atoms with Crippen molar-refractivity contribution in [3.63, 3.8) is 0 Å². The maximum absolute atomic E-state index is 5.63. The number of nitrogens with two attached hydrogens (primary N) is 1. The van der Waals surface area contributed by atoms with E-state index in [1.165, 1.54) is 0 Å². The van der Waals surface area contributed by atoms with Crippen molar-refractivity contribution in [3.8, 4) is 0 Å². The largest absolute Gasteiger partial charge is 0.271 e. The molecule has 3 N–H and O–H groups in total. The standard InChI is InChI=1S/C11H11Br2N3S/c1-6-2-3-7(5-15-6)10(16-14)9-4-8(12)11(13)17-9/h2-5,10,16H,14H2,1H3. The summed E-state index contributed by atoms with van der Waals surface area (Å²) in [5.41, 5.74) is 4.88. The molecule has 0 bridgehead atoms. The number of hydrogen-bond donors (Lipinski definition) is 2. The zero-order valence-electron chi connectivity index (χ0n) is 9.08. The van der Waals surface area contributed by atoms with Crippen molar-refractivity contribution >= 4 is 43.2 Å². The summed E-state index contributed by atoms with van der Waals surface area (Å²) in [6.45, 7) is 1.97. The number of nitrogens with one attached hydrogen (secondary N) is 1. The van der Waals surface area contributed by atoms with Gasteiger partial charge in [-0.05, 0) is 56.5 Å². The summed E-state index contributed by atoms with van der Waals surface area (Å²) in [5, 5.41) is 0. The van der Waals surface area contributed by atoms with E-state index in [1.54, 1.807) is 11.3 Å². The Kier molecular flexibility index (Phi) is 4.32. The molecule has 0 fully saturated rings. The van der Waals surface area contributed by atoms with E-state index in [0.29, 0.717) is 0 Å². The highest BCUT2D eigenvalue weighted by atomic mass is 79.9. The van der Waals surface area contributed by atoms with Crippen LogP contribution in [0.3, 0.4) is 0 Å². The SMILES string of the molecule is Cc1ccc(C(NN)c2cc(Br)c(Br)s2)cn1. The molecule has 0 saturated heterocycles. The lowest BCUT2D eigenvalue weighted by molar-refractivity contribution is 0.643. The second-order valence-electron chi connectivity index (χ2n) is 3.60. The predicted octanol–water partition coefficient (Wildman–Crippen LogP) is 3.53. The van der Waals surface area contributed by atoms with Gasteiger partial charge in [0, 0.05) is 21.2 Å². The predicted molar refractivity (Wildman–Crippen MR) is 77.9 cm³/mol. The monoisotopic (exact) mass is 375 g/mol. The van der Waals surface area contributed by atoms with Gasteiger partial charge in [0.05, 0.1) is 9.83 Å². The normalized spacial score (nSPS) is 12.7. The minimum absolute atomic E-state index is 0.0318. The van der Waals surface area contributed by atoms with Crippen molar-refractivity contribution in [1.82, 2.24) is 10.4 Å². The fraction of sp³-hybridized carbons (Fsp3) is 0.182. The minimum Gasteiger partial charge on any atom is -0.271 e. The number of halogens is 2. The van der Waals surface area contributed by atoms with E-state index < -0.39 is 0 Å². The van der Waals surface area contributed by atoms with Gasteiger partial charge in [0.25, 0.3) is 0 Å². The Morgan fingerprint density at radius 2 is 2.18 bits per heavy atom. The number of aryl methyl sites for hydroxylation is 1. The van der Waals surface area contributed by atoms with E-state index in [2.05, 4.69) is 48.3 Å². The molecule has 6 heteroatoms. The van der Waals surface area contributed by atoms with Crippen molar-refractivity contribution in [2.75, 3.05) is 0 Å². The number of aromatic nitrogens is 1. The molecular formula is C11H11Br2N3S. The van der Waals surface area contributed by atoms with Crippen LogP contribution >= 0.6 is 43.2 Å². The maximum Gasteiger partial charge on any atom is 0.0843 e. The van der Waals surface area contributed by atoms with Gasteiger partial charge in [0.15, 0.2) is 0 Å². The lowest BCUT2D eigenvalue weighted by Crippen LogP contribution is -2.28. The lowest BCUT2D eigenvalue weighted by Gasteiger charge is -2.14. The molecule has 0 radical (unpaired) electrons. The first kappa shape index (κ1) is 13.2. The molecule has 0 spiro atoms. The Morgan fingerprint density at radius 3 is 2.65 bits per heavy atom. The third-order valence-electron chi connectivity index (χ3n) is 2.38. The third kappa shape index (κ3) is 2.95. The van der Waals surface area contributed by atoms with E-state index >= 15 is 0 Å². The summed E-state index contributed by atoms with van der Waals surface area (Å²) < 4.78 is 2.10. The summed E-state index contributed by atoms with van der Waals surface area (Å²) in [6, 6.07) is 6.04. The van der Waals surface area contributed by atoms with Gasteiger partial charge < -0.3 is 0 Å². The summed E-state index contributed by atoms with van der Waals surface area (Å²) >= 11 is 8.61. The first-order valence-electron chi connectivity index (χ1n) is 4.95. The lowest BCUT2D eigenvalue weighted by atomic mass is 10.1. The van der Waals surface area contributed by atoms with Gasteiger partial charge in [-0.25, -0.2) is 5.43 Å². The number of hydrazine groups is 1. The second-order valence-corrected chi connectivity index (χ2v) is 6.86. The molecule has 1 unspecified atom stereocenters. The molecule has 0 aromatic carbocycles. The molecule has 2 aromatic heterocycles. The molecule has 90 valence electrons. The van der Waals surface area contributed by atoms with E-state index in [0.717, 1.165) is 24.4 Å². The van der Waals surface area contributed by atoms with Gasteiger partial charge in [-0.2, -0.15) is 0 Å². The number of hydrogen-bond acceptors (Lipinski definition) is 4. The number of nitrogens with zero attached hydrogens (tertiary/aromatic N) is 1. The van der Waals surface area contributed by atoms with Crippen LogP contribution in [0.5, 0.6) is 0 Å². The summed E-state index contributed by atoms with van der Waals surface area (Å²) in [5.74, 6) is 5.63. The average molecular weight is 377 g/mol. The van der Waals surface area contributed by atoms with Crippen LogP contribution in [0.15, 0.2) is 32.7 Å². The summed E-state index contributed by atoms with van der Waals surface area (Å²) in [6.07, 6.45) is 1.85. The second kappa shape index (κ2) is 5.58. The Hall–Kier alpha value is -0.270. The van der Waals surface area contributed by atoms with Crippen molar-refractivity contribution in [2.45, 2.75) is 13.0 Å². The van der Waals surface area contributed by atoms with Crippen molar-refractivity contribution in [2.24, 2.45) is 5.84 Å². The van der Waals surface area contributed by atoms with Crippen molar-refractivity contribution in [3.05, 3.63) is 48.8 Å². The first-order chi connectivity index (χ1) is 8.11. The van der Waals surface area contributed by atoms with Crippen LogP contribution < -0.4 is 11.3 Å². The average Bonchev–Trinajstić information content (AvgIpc) is 2.63. The quantitative estimate of drug-likeness (QED) is 0.636. The third-order valence-corrected chi connectivity index (χ3v) is 5.70. The topological polar surface area (TPSA) is 50.9 Å². The highest BCUT2D eigenvalue weighted by Crippen LogP contribution is 2.37. The molecule has 2 heterocycles. The molecular weight excluding hydrogens is 366 g/mol. The smallest absolute Gasteiger partial charge is 0.0843 e. The fourth-order valence-electron chi connectivity index (χ4n) is 1.50. The maximum atomic E-state index is 5.63. The molecule has 0 aliphatic rings. The van der Waals surface area contributed by atoms with E-state index in [9.17, 15) is 0 Å². The van der Waals surface area contributed by atoms with Gasteiger partial charge in [-0.1, -0.05) is 6.07 Å². The van der Waals surface area contributed by atoms with Crippen LogP contribution in [0, 0.1) is 6.92 Å². The molecule has 2 aromatic rings. The van der Waals surface area contributed by atoms with Crippen LogP contribution in [0.4, 0.5) is 0 Å². The molecule has 17 heavy (non-hydrogen) atoms. The van der Waals surface area contributed by atoms with Crippen LogP contribution in [0.1, 0.15) is 22.2 Å². The van der Waals surface area contributed by atoms with Gasteiger partial charge in [-0.15, -0.1) is 11.3 Å². The first-order valence-corrected chi connectivity index (χ1v) is 7.35. The molecule has 0 saturated carbocycles. The molecule has 3 nitrogen and oxygen atoms in total. The molecule has 0 aliphatic carbocycles. The number of pyridine rings is 1. The van der Waals surface area contributed by atoms with Crippen LogP contribution in [-0.2, 0) is 0 Å². The Bertz CT molecular complexity index is 490. The van der Waals surface area contributed by atoms with Crippen LogP contribution in [0.25, 0.3) is 0 Å². The Balaban J connectivity index is 2.36. The summed E-state index contributed by atoms with van der Waals surface area (Å²) in [4.78, 5) is 5.42. The Labute approximate surface area is 121 Å². The molecule has 1 atom stereocenters. The van der Waals surface area contributed by atoms with E-state index in [1.807, 2.05) is 25.3 Å². The zero-order valence-corrected chi connectivity index (χ0v) is 13.1. The van der Waals surface area contributed by atoms with Gasteiger partial charge in [-0.3, -0.25) is 10.8 Å².